The van der Waals surface area contributed by atoms with Crippen LogP contribution in [0.25, 0.3) is 20.4 Å². The molecule has 32 heavy (non-hydrogen) atoms. The summed E-state index contributed by atoms with van der Waals surface area (Å²) in [5, 5.41) is 0.525. The van der Waals surface area contributed by atoms with Gasteiger partial charge in [0.15, 0.2) is 5.13 Å². The smallest absolute Gasteiger partial charge is 0.260 e. The molecule has 1 aliphatic heterocycles. The highest BCUT2D eigenvalue weighted by molar-refractivity contribution is 7.22. The first-order valence-electron chi connectivity index (χ1n) is 10.2. The number of thiazole rings is 2. The van der Waals surface area contributed by atoms with Gasteiger partial charge < -0.3 is 4.74 Å². The summed E-state index contributed by atoms with van der Waals surface area (Å²) >= 11 is 2.85. The van der Waals surface area contributed by atoms with Crippen molar-refractivity contribution in [2.45, 2.75) is 6.42 Å². The van der Waals surface area contributed by atoms with E-state index in [9.17, 15) is 9.18 Å². The molecule has 10 heteroatoms. The fourth-order valence-corrected chi connectivity index (χ4v) is 5.44. The Morgan fingerprint density at radius 2 is 2.03 bits per heavy atom. The second kappa shape index (κ2) is 10.2. The van der Waals surface area contributed by atoms with Crippen LogP contribution in [0.15, 0.2) is 41.9 Å². The molecule has 6 nitrogen and oxygen atoms in total. The van der Waals surface area contributed by atoms with Gasteiger partial charge in [-0.15, -0.1) is 23.7 Å². The number of halogens is 2. The van der Waals surface area contributed by atoms with Gasteiger partial charge in [0.1, 0.15) is 11.3 Å². The van der Waals surface area contributed by atoms with Crippen molar-refractivity contribution in [3.05, 3.63) is 53.3 Å². The maximum absolute atomic E-state index is 14.2. The van der Waals surface area contributed by atoms with Gasteiger partial charge in [0.2, 0.25) is 0 Å². The Labute approximate surface area is 199 Å². The second-order valence-electron chi connectivity index (χ2n) is 7.38. The van der Waals surface area contributed by atoms with E-state index in [2.05, 4.69) is 14.9 Å². The van der Waals surface area contributed by atoms with E-state index in [1.54, 1.807) is 22.5 Å². The largest absolute Gasteiger partial charge is 0.379 e. The number of anilines is 1. The predicted molar refractivity (Wildman–Crippen MR) is 130 cm³/mol. The van der Waals surface area contributed by atoms with Crippen LogP contribution >= 0.6 is 35.1 Å². The highest BCUT2D eigenvalue weighted by atomic mass is 35.5. The number of aromatic nitrogens is 2. The molecule has 1 fully saturated rings. The molecule has 5 rings (SSSR count). The summed E-state index contributed by atoms with van der Waals surface area (Å²) in [6.07, 6.45) is 0.799. The normalized spacial score (nSPS) is 14.5. The number of rotatable bonds is 6. The van der Waals surface area contributed by atoms with Crippen molar-refractivity contribution in [1.82, 2.24) is 14.9 Å². The van der Waals surface area contributed by atoms with Gasteiger partial charge in [0.05, 0.1) is 33.6 Å². The van der Waals surface area contributed by atoms with Gasteiger partial charge in [-0.3, -0.25) is 14.6 Å². The first-order valence-corrected chi connectivity index (χ1v) is 11.9. The topological polar surface area (TPSA) is 58.6 Å². The average molecular weight is 493 g/mol. The lowest BCUT2D eigenvalue weighted by Gasteiger charge is -2.27. The molecule has 0 bridgehead atoms. The van der Waals surface area contributed by atoms with Crippen LogP contribution in [0.1, 0.15) is 16.8 Å². The number of para-hydroxylation sites is 1. The Bertz CT molecular complexity index is 1230. The van der Waals surface area contributed by atoms with Crippen molar-refractivity contribution in [2.75, 3.05) is 44.3 Å². The molecular weight excluding hydrogens is 471 g/mol. The molecular formula is C22H22ClFN4O2S2. The van der Waals surface area contributed by atoms with Gasteiger partial charge in [-0.05, 0) is 36.8 Å². The second-order valence-corrected chi connectivity index (χ2v) is 9.28. The first kappa shape index (κ1) is 23.0. The van der Waals surface area contributed by atoms with E-state index in [1.165, 1.54) is 28.7 Å². The Morgan fingerprint density at radius 1 is 1.19 bits per heavy atom. The lowest BCUT2D eigenvalue weighted by molar-refractivity contribution is 0.0376. The van der Waals surface area contributed by atoms with E-state index in [0.29, 0.717) is 22.8 Å². The monoisotopic (exact) mass is 492 g/mol. The van der Waals surface area contributed by atoms with Gasteiger partial charge in [-0.2, -0.15) is 0 Å². The molecule has 0 radical (unpaired) electrons. The summed E-state index contributed by atoms with van der Waals surface area (Å²) in [6.45, 7) is 4.69. The molecule has 1 aliphatic rings. The standard InChI is InChI=1S/C22H21FN4O2S2.ClH/c23-16-3-1-4-18-20(16)25-22(31-18)27(8-2-7-26-9-11-29-12-10-26)21(28)15-5-6-17-19(13-15)30-14-24-17;/h1,3-6,13-14H,2,7-12H2;1H. The Morgan fingerprint density at radius 3 is 2.84 bits per heavy atom. The number of carbonyl (C=O) groups is 1. The molecule has 168 valence electrons. The van der Waals surface area contributed by atoms with Crippen LogP contribution in [0.3, 0.4) is 0 Å². The van der Waals surface area contributed by atoms with Crippen LogP contribution in [0, 0.1) is 5.82 Å². The minimum absolute atomic E-state index is 0. The summed E-state index contributed by atoms with van der Waals surface area (Å²) < 4.78 is 21.4. The summed E-state index contributed by atoms with van der Waals surface area (Å²) in [6, 6.07) is 10.4. The third kappa shape index (κ3) is 4.77. The average Bonchev–Trinajstić information content (AvgIpc) is 3.44. The lowest BCUT2D eigenvalue weighted by atomic mass is 10.2. The lowest BCUT2D eigenvalue weighted by Crippen LogP contribution is -2.39. The Kier molecular flexibility index (Phi) is 7.32. The SMILES string of the molecule is Cl.O=C(c1ccc2ncsc2c1)N(CCCN1CCOCC1)c1nc2c(F)cccc2s1. The van der Waals surface area contributed by atoms with Crippen molar-refractivity contribution in [3.8, 4) is 0 Å². The molecule has 0 N–H and O–H groups in total. The fourth-order valence-electron chi connectivity index (χ4n) is 3.72. The van der Waals surface area contributed by atoms with Crippen LogP contribution in [0.2, 0.25) is 0 Å². The summed E-state index contributed by atoms with van der Waals surface area (Å²) in [5.41, 5.74) is 3.55. The summed E-state index contributed by atoms with van der Waals surface area (Å²) in [5.74, 6) is -0.497. The van der Waals surface area contributed by atoms with E-state index in [4.69, 9.17) is 4.74 Å². The van der Waals surface area contributed by atoms with E-state index < -0.39 is 0 Å². The number of benzene rings is 2. The number of morpholine rings is 1. The number of ether oxygens (including phenoxy) is 1. The highest BCUT2D eigenvalue weighted by Gasteiger charge is 2.23. The third-order valence-electron chi connectivity index (χ3n) is 5.37. The third-order valence-corrected chi connectivity index (χ3v) is 7.21. The van der Waals surface area contributed by atoms with Gasteiger partial charge in [0, 0.05) is 31.7 Å². The molecule has 2 aromatic heterocycles. The molecule has 0 aliphatic carbocycles. The number of amides is 1. The number of nitrogens with zero attached hydrogens (tertiary/aromatic N) is 4. The maximum atomic E-state index is 14.2. The van der Waals surface area contributed by atoms with Crippen LogP contribution in [-0.4, -0.2) is 60.2 Å². The first-order chi connectivity index (χ1) is 15.2. The molecule has 1 amide bonds. The molecule has 0 unspecified atom stereocenters. The number of hydrogen-bond acceptors (Lipinski definition) is 7. The van der Waals surface area contributed by atoms with Gasteiger partial charge >= 0.3 is 0 Å². The van der Waals surface area contributed by atoms with Gasteiger partial charge in [0.25, 0.3) is 5.91 Å². The number of carbonyl (C=O) groups excluding carboxylic acids is 1. The fraction of sp³-hybridized carbons (Fsp3) is 0.318. The Balaban J connectivity index is 0.00000245. The molecule has 1 saturated heterocycles. The molecule has 0 saturated carbocycles. The van der Waals surface area contributed by atoms with Crippen LogP contribution < -0.4 is 4.90 Å². The zero-order valence-corrected chi connectivity index (χ0v) is 19.6. The van der Waals surface area contributed by atoms with Gasteiger partial charge in [-0.1, -0.05) is 17.4 Å². The van der Waals surface area contributed by atoms with Crippen molar-refractivity contribution in [3.63, 3.8) is 0 Å². The van der Waals surface area contributed by atoms with Crippen molar-refractivity contribution in [1.29, 1.82) is 0 Å². The zero-order chi connectivity index (χ0) is 21.2. The van der Waals surface area contributed by atoms with E-state index in [0.717, 1.165) is 54.2 Å². The molecule has 2 aromatic carbocycles. The maximum Gasteiger partial charge on any atom is 0.260 e. The minimum Gasteiger partial charge on any atom is -0.379 e. The number of hydrogen-bond donors (Lipinski definition) is 0. The summed E-state index contributed by atoms with van der Waals surface area (Å²) in [7, 11) is 0. The van der Waals surface area contributed by atoms with Gasteiger partial charge in [-0.25, -0.2) is 14.4 Å². The predicted octanol–water partition coefficient (Wildman–Crippen LogP) is 4.84. The van der Waals surface area contributed by atoms with Crippen molar-refractivity contribution in [2.24, 2.45) is 0 Å². The van der Waals surface area contributed by atoms with Crippen LogP contribution in [0.4, 0.5) is 9.52 Å². The van der Waals surface area contributed by atoms with Crippen molar-refractivity contribution >= 4 is 66.6 Å². The Hall–Kier alpha value is -2.17. The quantitative estimate of drug-likeness (QED) is 0.385. The molecule has 0 atom stereocenters. The molecule has 4 aromatic rings. The summed E-state index contributed by atoms with van der Waals surface area (Å²) in [4.78, 5) is 26.3. The van der Waals surface area contributed by atoms with Crippen LogP contribution in [-0.2, 0) is 4.74 Å². The minimum atomic E-state index is -0.369. The molecule has 0 spiro atoms. The number of fused-ring (bicyclic) bond motifs is 2. The molecule has 3 heterocycles. The van der Waals surface area contributed by atoms with Crippen LogP contribution in [0.5, 0.6) is 0 Å². The van der Waals surface area contributed by atoms with E-state index in [-0.39, 0.29) is 24.1 Å². The van der Waals surface area contributed by atoms with E-state index in [1.807, 2.05) is 18.2 Å². The van der Waals surface area contributed by atoms with E-state index >= 15 is 0 Å². The zero-order valence-electron chi connectivity index (χ0n) is 17.2. The van der Waals surface area contributed by atoms with Crippen molar-refractivity contribution < 1.29 is 13.9 Å². The highest BCUT2D eigenvalue weighted by Crippen LogP contribution is 2.31.